The van der Waals surface area contributed by atoms with Crippen molar-refractivity contribution in [2.45, 2.75) is 19.8 Å². The summed E-state index contributed by atoms with van der Waals surface area (Å²) < 4.78 is 4.95. The van der Waals surface area contributed by atoms with Crippen LogP contribution in [0.2, 0.25) is 0 Å². The van der Waals surface area contributed by atoms with Crippen LogP contribution < -0.4 is 10.6 Å². The van der Waals surface area contributed by atoms with E-state index in [1.54, 1.807) is 35.6 Å². The van der Waals surface area contributed by atoms with Gasteiger partial charge in [-0.2, -0.15) is 0 Å². The molecule has 0 radical (unpaired) electrons. The molecule has 0 saturated heterocycles. The van der Waals surface area contributed by atoms with Crippen LogP contribution in [0.3, 0.4) is 0 Å². The topological polar surface area (TPSA) is 84.5 Å². The summed E-state index contributed by atoms with van der Waals surface area (Å²) in [4.78, 5) is 35.4. The highest BCUT2D eigenvalue weighted by molar-refractivity contribution is 7.09. The van der Waals surface area contributed by atoms with Crippen molar-refractivity contribution in [2.24, 2.45) is 0 Å². The molecule has 1 aromatic heterocycles. The number of amides is 2. The van der Waals surface area contributed by atoms with Gasteiger partial charge >= 0.3 is 5.97 Å². The maximum atomic E-state index is 11.8. The molecule has 2 amide bonds. The number of carbonyl (C=O) groups is 3. The summed E-state index contributed by atoms with van der Waals surface area (Å²) in [7, 11) is 0. The van der Waals surface area contributed by atoms with Gasteiger partial charge in [0.25, 0.3) is 5.91 Å². The van der Waals surface area contributed by atoms with Gasteiger partial charge in [0.1, 0.15) is 0 Å². The highest BCUT2D eigenvalue weighted by Crippen LogP contribution is 2.14. The van der Waals surface area contributed by atoms with Gasteiger partial charge in [0.2, 0.25) is 5.91 Å². The number of thiophene rings is 1. The minimum absolute atomic E-state index is 0.166. The molecular formula is C17H18N2O4S. The van der Waals surface area contributed by atoms with E-state index in [9.17, 15) is 14.4 Å². The summed E-state index contributed by atoms with van der Waals surface area (Å²) in [5.41, 5.74) is 1.20. The molecule has 1 heterocycles. The van der Waals surface area contributed by atoms with E-state index in [0.29, 0.717) is 17.8 Å². The van der Waals surface area contributed by atoms with Crippen LogP contribution in [0.25, 0.3) is 0 Å². The Balaban J connectivity index is 1.70. The maximum Gasteiger partial charge on any atom is 0.306 e. The van der Waals surface area contributed by atoms with Gasteiger partial charge in [0.15, 0.2) is 6.61 Å². The number of nitrogens with one attached hydrogen (secondary N) is 2. The predicted octanol–water partition coefficient (Wildman–Crippen LogP) is 2.82. The van der Waals surface area contributed by atoms with Crippen molar-refractivity contribution in [1.29, 1.82) is 0 Å². The van der Waals surface area contributed by atoms with E-state index in [4.69, 9.17) is 4.74 Å². The average Bonchev–Trinajstić information content (AvgIpc) is 3.06. The molecule has 24 heavy (non-hydrogen) atoms. The fourth-order valence-electron chi connectivity index (χ4n) is 1.94. The summed E-state index contributed by atoms with van der Waals surface area (Å²) in [6.45, 7) is 1.10. The minimum Gasteiger partial charge on any atom is -0.456 e. The highest BCUT2D eigenvalue weighted by atomic mass is 32.1. The minimum atomic E-state index is -0.410. The van der Waals surface area contributed by atoms with Crippen molar-refractivity contribution in [2.75, 3.05) is 17.2 Å². The first-order valence-corrected chi connectivity index (χ1v) is 8.26. The third kappa shape index (κ3) is 6.21. The van der Waals surface area contributed by atoms with Gasteiger partial charge in [-0.25, -0.2) is 0 Å². The largest absolute Gasteiger partial charge is 0.456 e. The molecule has 6 nitrogen and oxygen atoms in total. The van der Waals surface area contributed by atoms with Crippen molar-refractivity contribution in [3.63, 3.8) is 0 Å². The Morgan fingerprint density at radius 1 is 1.04 bits per heavy atom. The Morgan fingerprint density at radius 3 is 2.29 bits per heavy atom. The second-order valence-electron chi connectivity index (χ2n) is 5.05. The number of benzene rings is 1. The van der Waals surface area contributed by atoms with E-state index in [1.807, 2.05) is 17.5 Å². The van der Waals surface area contributed by atoms with Gasteiger partial charge in [-0.15, -0.1) is 11.3 Å². The third-order valence-corrected chi connectivity index (χ3v) is 3.95. The molecule has 2 aromatic rings. The highest BCUT2D eigenvalue weighted by Gasteiger charge is 2.09. The maximum absolute atomic E-state index is 11.8. The molecule has 2 rings (SSSR count). The lowest BCUT2D eigenvalue weighted by Gasteiger charge is -2.07. The van der Waals surface area contributed by atoms with Crippen molar-refractivity contribution < 1.29 is 19.1 Å². The second kappa shape index (κ2) is 8.83. The summed E-state index contributed by atoms with van der Waals surface area (Å²) in [5, 5.41) is 7.20. The van der Waals surface area contributed by atoms with E-state index >= 15 is 0 Å². The molecule has 0 aliphatic carbocycles. The molecular weight excluding hydrogens is 328 g/mol. The number of anilines is 2. The van der Waals surface area contributed by atoms with Crippen molar-refractivity contribution in [1.82, 2.24) is 0 Å². The lowest BCUT2D eigenvalue weighted by Crippen LogP contribution is -2.21. The fourth-order valence-corrected chi connectivity index (χ4v) is 2.64. The van der Waals surface area contributed by atoms with Crippen LogP contribution in [0.4, 0.5) is 11.4 Å². The molecule has 0 aliphatic heterocycles. The number of ether oxygens (including phenoxy) is 1. The first-order valence-electron chi connectivity index (χ1n) is 7.38. The normalized spacial score (nSPS) is 10.0. The van der Waals surface area contributed by atoms with Crippen LogP contribution in [-0.4, -0.2) is 24.4 Å². The lowest BCUT2D eigenvalue weighted by molar-refractivity contribution is -0.147. The fraction of sp³-hybridized carbons (Fsp3) is 0.235. The Hall–Kier alpha value is -2.67. The second-order valence-corrected chi connectivity index (χ2v) is 6.08. The molecule has 126 valence electrons. The lowest BCUT2D eigenvalue weighted by atomic mass is 10.2. The Kier molecular flexibility index (Phi) is 6.51. The molecule has 1 aromatic carbocycles. The van der Waals surface area contributed by atoms with E-state index in [1.165, 1.54) is 6.92 Å². The molecule has 0 saturated carbocycles. The number of carbonyl (C=O) groups excluding carboxylic acids is 3. The van der Waals surface area contributed by atoms with Crippen LogP contribution in [0.15, 0.2) is 41.8 Å². The number of hydrogen-bond acceptors (Lipinski definition) is 5. The van der Waals surface area contributed by atoms with Crippen LogP contribution in [0, 0.1) is 0 Å². The van der Waals surface area contributed by atoms with Gasteiger partial charge in [-0.3, -0.25) is 14.4 Å². The van der Waals surface area contributed by atoms with Crippen LogP contribution in [0.5, 0.6) is 0 Å². The molecule has 0 bridgehead atoms. The van der Waals surface area contributed by atoms with Crippen molar-refractivity contribution in [3.8, 4) is 0 Å². The van der Waals surface area contributed by atoms with Crippen molar-refractivity contribution in [3.05, 3.63) is 46.7 Å². The van der Waals surface area contributed by atoms with Crippen molar-refractivity contribution >= 4 is 40.5 Å². The Morgan fingerprint density at radius 2 is 1.71 bits per heavy atom. The van der Waals surface area contributed by atoms with Crippen LogP contribution in [-0.2, 0) is 25.5 Å². The zero-order valence-corrected chi connectivity index (χ0v) is 14.0. The summed E-state index contributed by atoms with van der Waals surface area (Å²) in [6, 6.07) is 10.5. The average molecular weight is 346 g/mol. The number of aryl methyl sites for hydroxylation is 1. The number of hydrogen-bond donors (Lipinski definition) is 2. The van der Waals surface area contributed by atoms with E-state index < -0.39 is 11.9 Å². The summed E-state index contributed by atoms with van der Waals surface area (Å²) in [5.74, 6) is -0.979. The monoisotopic (exact) mass is 346 g/mol. The van der Waals surface area contributed by atoms with E-state index in [-0.39, 0.29) is 18.9 Å². The number of esters is 1. The zero-order valence-electron chi connectivity index (χ0n) is 13.2. The standard InChI is InChI=1S/C17H18N2O4S/c1-12(20)18-13-4-6-14(7-5-13)19-16(21)11-23-17(22)9-8-15-3-2-10-24-15/h2-7,10H,8-9,11H2,1H3,(H,18,20)(H,19,21). The van der Waals surface area contributed by atoms with Crippen LogP contribution in [0.1, 0.15) is 18.2 Å². The summed E-state index contributed by atoms with van der Waals surface area (Å²) in [6.07, 6.45) is 0.863. The predicted molar refractivity (Wildman–Crippen MR) is 93.0 cm³/mol. The zero-order chi connectivity index (χ0) is 17.4. The van der Waals surface area contributed by atoms with Gasteiger partial charge in [0.05, 0.1) is 6.42 Å². The van der Waals surface area contributed by atoms with E-state index in [0.717, 1.165) is 4.88 Å². The SMILES string of the molecule is CC(=O)Nc1ccc(NC(=O)COC(=O)CCc2cccs2)cc1. The Labute approximate surface area is 143 Å². The quantitative estimate of drug-likeness (QED) is 0.755. The Bertz CT molecular complexity index is 696. The first kappa shape index (κ1) is 17.7. The van der Waals surface area contributed by atoms with Crippen LogP contribution >= 0.6 is 11.3 Å². The molecule has 0 fully saturated rings. The van der Waals surface area contributed by atoms with E-state index in [2.05, 4.69) is 10.6 Å². The summed E-state index contributed by atoms with van der Waals surface area (Å²) >= 11 is 1.58. The van der Waals surface area contributed by atoms with Gasteiger partial charge < -0.3 is 15.4 Å². The number of rotatable bonds is 7. The molecule has 0 atom stereocenters. The molecule has 7 heteroatoms. The molecule has 0 spiro atoms. The molecule has 0 aliphatic rings. The molecule has 2 N–H and O–H groups in total. The van der Waals surface area contributed by atoms with Gasteiger partial charge in [-0.05, 0) is 42.1 Å². The third-order valence-electron chi connectivity index (χ3n) is 3.01. The first-order chi connectivity index (χ1) is 11.5. The van der Waals surface area contributed by atoms with Gasteiger partial charge in [-0.1, -0.05) is 6.07 Å². The van der Waals surface area contributed by atoms with Gasteiger partial charge in [0, 0.05) is 23.2 Å². The molecule has 0 unspecified atom stereocenters. The smallest absolute Gasteiger partial charge is 0.306 e.